The summed E-state index contributed by atoms with van der Waals surface area (Å²) in [5.41, 5.74) is 0.813. The Hall–Kier alpha value is -3.56. The van der Waals surface area contributed by atoms with Gasteiger partial charge in [0.1, 0.15) is 0 Å². The number of halogens is 3. The van der Waals surface area contributed by atoms with E-state index in [1.807, 2.05) is 0 Å². The highest BCUT2D eigenvalue weighted by molar-refractivity contribution is 6.00. The lowest BCUT2D eigenvalue weighted by atomic mass is 10.1. The zero-order chi connectivity index (χ0) is 22.1. The molecule has 0 aliphatic rings. The van der Waals surface area contributed by atoms with Crippen LogP contribution < -0.4 is 4.74 Å². The zero-order valence-corrected chi connectivity index (χ0v) is 16.3. The number of esters is 1. The smallest absolute Gasteiger partial charge is 0.416 e. The van der Waals surface area contributed by atoms with Gasteiger partial charge in [0, 0.05) is 17.0 Å². The standard InChI is InChI=1S/C20H18F3N3O4/c1-11-7-15(12(2)24-11)16(27)10-30-19(28)18-17(29-3)9-26(25-18)14-6-4-5-13(8-14)20(21,22)23/h4-9,24H,10H2,1-3H3. The lowest BCUT2D eigenvalue weighted by Gasteiger charge is -2.08. The third-order valence-electron chi connectivity index (χ3n) is 4.32. The van der Waals surface area contributed by atoms with Gasteiger partial charge >= 0.3 is 12.1 Å². The zero-order valence-electron chi connectivity index (χ0n) is 16.3. The number of hydrogen-bond donors (Lipinski definition) is 1. The molecule has 0 aliphatic heterocycles. The number of aromatic amines is 1. The van der Waals surface area contributed by atoms with Crippen molar-refractivity contribution in [2.24, 2.45) is 0 Å². The van der Waals surface area contributed by atoms with Gasteiger partial charge in [-0.2, -0.15) is 18.3 Å². The van der Waals surface area contributed by atoms with Crippen molar-refractivity contribution in [3.05, 3.63) is 64.7 Å². The van der Waals surface area contributed by atoms with Crippen molar-refractivity contribution in [1.29, 1.82) is 0 Å². The fourth-order valence-corrected chi connectivity index (χ4v) is 2.90. The molecule has 10 heteroatoms. The van der Waals surface area contributed by atoms with E-state index in [0.717, 1.165) is 22.5 Å². The third-order valence-corrected chi connectivity index (χ3v) is 4.32. The highest BCUT2D eigenvalue weighted by atomic mass is 19.4. The van der Waals surface area contributed by atoms with Gasteiger partial charge in [0.2, 0.25) is 11.5 Å². The van der Waals surface area contributed by atoms with Gasteiger partial charge in [-0.1, -0.05) is 6.07 Å². The molecule has 1 aromatic carbocycles. The number of H-pyrrole nitrogens is 1. The predicted octanol–water partition coefficient (Wildman–Crippen LogP) is 3.88. The Balaban J connectivity index is 1.80. The molecule has 2 heterocycles. The SMILES string of the molecule is COc1cn(-c2cccc(C(F)(F)F)c2)nc1C(=O)OCC(=O)c1cc(C)[nH]c1C. The van der Waals surface area contributed by atoms with Crippen molar-refractivity contribution in [3.8, 4) is 11.4 Å². The van der Waals surface area contributed by atoms with E-state index in [1.54, 1.807) is 19.9 Å². The summed E-state index contributed by atoms with van der Waals surface area (Å²) in [4.78, 5) is 27.7. The number of nitrogens with zero attached hydrogens (tertiary/aromatic N) is 2. The molecule has 3 rings (SSSR count). The highest BCUT2D eigenvalue weighted by Gasteiger charge is 2.31. The Morgan fingerprint density at radius 2 is 1.93 bits per heavy atom. The molecular formula is C20H18F3N3O4. The fourth-order valence-electron chi connectivity index (χ4n) is 2.90. The summed E-state index contributed by atoms with van der Waals surface area (Å²) in [5.74, 6) is -1.34. The first-order valence-electron chi connectivity index (χ1n) is 8.78. The second-order valence-corrected chi connectivity index (χ2v) is 6.53. The van der Waals surface area contributed by atoms with E-state index in [9.17, 15) is 22.8 Å². The number of benzene rings is 1. The van der Waals surface area contributed by atoms with Crippen LogP contribution in [-0.4, -0.2) is 40.2 Å². The summed E-state index contributed by atoms with van der Waals surface area (Å²) < 4.78 is 50.0. The number of nitrogens with one attached hydrogen (secondary N) is 1. The fraction of sp³-hybridized carbons (Fsp3) is 0.250. The predicted molar refractivity (Wildman–Crippen MR) is 100.0 cm³/mol. The number of rotatable bonds is 6. The molecule has 7 nitrogen and oxygen atoms in total. The Bertz CT molecular complexity index is 1100. The quantitative estimate of drug-likeness (QED) is 0.482. The third kappa shape index (κ3) is 4.37. The van der Waals surface area contributed by atoms with Crippen molar-refractivity contribution in [2.45, 2.75) is 20.0 Å². The number of ketones is 1. The molecule has 158 valence electrons. The summed E-state index contributed by atoms with van der Waals surface area (Å²) in [7, 11) is 1.28. The summed E-state index contributed by atoms with van der Waals surface area (Å²) >= 11 is 0. The van der Waals surface area contributed by atoms with E-state index in [2.05, 4.69) is 10.1 Å². The molecule has 0 fully saturated rings. The Kier molecular flexibility index (Phi) is 5.68. The largest absolute Gasteiger partial charge is 0.493 e. The van der Waals surface area contributed by atoms with Crippen LogP contribution in [0.25, 0.3) is 5.69 Å². The van der Waals surface area contributed by atoms with Crippen LogP contribution in [0.1, 0.15) is 37.8 Å². The first-order valence-corrected chi connectivity index (χ1v) is 8.78. The average Bonchev–Trinajstić information content (AvgIpc) is 3.28. The van der Waals surface area contributed by atoms with Gasteiger partial charge < -0.3 is 14.5 Å². The normalized spacial score (nSPS) is 11.4. The Morgan fingerprint density at radius 3 is 2.53 bits per heavy atom. The van der Waals surface area contributed by atoms with E-state index < -0.39 is 30.1 Å². The molecule has 0 saturated heterocycles. The van der Waals surface area contributed by atoms with Gasteiger partial charge in [0.15, 0.2) is 12.4 Å². The van der Waals surface area contributed by atoms with Crippen LogP contribution in [0.5, 0.6) is 5.75 Å². The van der Waals surface area contributed by atoms with Gasteiger partial charge in [-0.15, -0.1) is 0 Å². The molecule has 0 saturated carbocycles. The first-order chi connectivity index (χ1) is 14.1. The van der Waals surface area contributed by atoms with Gasteiger partial charge in [-0.3, -0.25) is 4.79 Å². The monoisotopic (exact) mass is 421 g/mol. The molecule has 2 aromatic heterocycles. The van der Waals surface area contributed by atoms with E-state index >= 15 is 0 Å². The summed E-state index contributed by atoms with van der Waals surface area (Å²) in [6.07, 6.45) is -3.27. The lowest BCUT2D eigenvalue weighted by Crippen LogP contribution is -2.16. The summed E-state index contributed by atoms with van der Waals surface area (Å²) in [5, 5.41) is 3.98. The van der Waals surface area contributed by atoms with Crippen molar-refractivity contribution < 1.29 is 32.2 Å². The van der Waals surface area contributed by atoms with Gasteiger partial charge in [0.25, 0.3) is 0 Å². The topological polar surface area (TPSA) is 86.2 Å². The molecule has 0 aliphatic carbocycles. The van der Waals surface area contributed by atoms with Gasteiger partial charge in [0.05, 0.1) is 24.6 Å². The van der Waals surface area contributed by atoms with Crippen LogP contribution in [0.2, 0.25) is 0 Å². The molecule has 0 atom stereocenters. The van der Waals surface area contributed by atoms with Crippen LogP contribution in [0.3, 0.4) is 0 Å². The highest BCUT2D eigenvalue weighted by Crippen LogP contribution is 2.31. The summed E-state index contributed by atoms with van der Waals surface area (Å²) in [6.45, 7) is 3.00. The second-order valence-electron chi connectivity index (χ2n) is 6.53. The van der Waals surface area contributed by atoms with Gasteiger partial charge in [-0.05, 0) is 38.1 Å². The Morgan fingerprint density at radius 1 is 1.20 bits per heavy atom. The van der Waals surface area contributed by atoms with Crippen molar-refractivity contribution >= 4 is 11.8 Å². The van der Waals surface area contributed by atoms with E-state index in [-0.39, 0.29) is 17.1 Å². The molecule has 1 N–H and O–H groups in total. The molecule has 0 unspecified atom stereocenters. The van der Waals surface area contributed by atoms with Crippen molar-refractivity contribution in [3.63, 3.8) is 0 Å². The Labute approximate surface area is 169 Å². The van der Waals surface area contributed by atoms with Crippen LogP contribution in [0.4, 0.5) is 13.2 Å². The molecule has 0 spiro atoms. The molecule has 30 heavy (non-hydrogen) atoms. The number of aryl methyl sites for hydroxylation is 2. The number of carbonyl (C=O) groups excluding carboxylic acids is 2. The maximum absolute atomic E-state index is 12.9. The minimum absolute atomic E-state index is 0.00136. The van der Waals surface area contributed by atoms with Crippen molar-refractivity contribution in [1.82, 2.24) is 14.8 Å². The maximum atomic E-state index is 12.9. The van der Waals surface area contributed by atoms with E-state index in [4.69, 9.17) is 9.47 Å². The number of Topliss-reactive ketones (excluding diaryl/α,β-unsaturated/α-hetero) is 1. The minimum atomic E-state index is -4.52. The number of ether oxygens (including phenoxy) is 2. The maximum Gasteiger partial charge on any atom is 0.416 e. The first kappa shape index (κ1) is 21.2. The van der Waals surface area contributed by atoms with Crippen molar-refractivity contribution in [2.75, 3.05) is 13.7 Å². The molecule has 0 amide bonds. The van der Waals surface area contributed by atoms with Gasteiger partial charge in [-0.25, -0.2) is 9.48 Å². The van der Waals surface area contributed by atoms with E-state index in [1.165, 1.54) is 25.4 Å². The number of alkyl halides is 3. The molecule has 3 aromatic rings. The number of aromatic nitrogens is 3. The lowest BCUT2D eigenvalue weighted by molar-refractivity contribution is -0.137. The van der Waals surface area contributed by atoms with Crippen LogP contribution in [0.15, 0.2) is 36.5 Å². The minimum Gasteiger partial charge on any atom is -0.493 e. The van der Waals surface area contributed by atoms with E-state index in [0.29, 0.717) is 11.3 Å². The van der Waals surface area contributed by atoms with Crippen LogP contribution in [0, 0.1) is 13.8 Å². The average molecular weight is 421 g/mol. The second kappa shape index (κ2) is 8.05. The van der Waals surface area contributed by atoms with Crippen LogP contribution >= 0.6 is 0 Å². The molecular weight excluding hydrogens is 403 g/mol. The summed E-state index contributed by atoms with van der Waals surface area (Å²) in [6, 6.07) is 6.09. The number of hydrogen-bond acceptors (Lipinski definition) is 5. The van der Waals surface area contributed by atoms with Crippen LogP contribution in [-0.2, 0) is 10.9 Å². The molecule has 0 radical (unpaired) electrons. The molecule has 0 bridgehead atoms. The number of methoxy groups -OCH3 is 1. The number of carbonyl (C=O) groups is 2.